The molecule has 9 nitrogen and oxygen atoms in total. The van der Waals surface area contributed by atoms with Crippen molar-refractivity contribution in [2.45, 2.75) is 12.8 Å². The quantitative estimate of drug-likeness (QED) is 0.640. The molecule has 100 valence electrons. The average molecular weight is 265 g/mol. The lowest BCUT2D eigenvalue weighted by molar-refractivity contribution is -0.138. The molecule has 1 atom stereocenters. The van der Waals surface area contributed by atoms with Crippen LogP contribution in [0.4, 0.5) is 5.95 Å². The lowest BCUT2D eigenvalue weighted by Gasteiger charge is -2.10. The number of carboxylic acids is 1. The first-order chi connectivity index (χ1) is 8.82. The number of aliphatic carboxylic acids is 1. The van der Waals surface area contributed by atoms with Crippen molar-refractivity contribution >= 4 is 23.0 Å². The summed E-state index contributed by atoms with van der Waals surface area (Å²) in [5.41, 5.74) is 4.48. The molecule has 0 fully saturated rings. The van der Waals surface area contributed by atoms with Crippen LogP contribution in [0.3, 0.4) is 0 Å². The maximum atomic E-state index is 12.1. The highest BCUT2D eigenvalue weighted by Gasteiger charge is 2.23. The molecule has 0 saturated heterocycles. The third-order valence-corrected chi connectivity index (χ3v) is 2.69. The Kier molecular flexibility index (Phi) is 2.81. The first kappa shape index (κ1) is 12.7. The molecule has 0 aliphatic carbocycles. The molecule has 0 radical (unpaired) electrons. The van der Waals surface area contributed by atoms with E-state index < -0.39 is 23.2 Å². The fourth-order valence-corrected chi connectivity index (χ4v) is 1.67. The maximum absolute atomic E-state index is 12.1. The summed E-state index contributed by atoms with van der Waals surface area (Å²) in [5.74, 6) is -3.11. The van der Waals surface area contributed by atoms with E-state index in [2.05, 4.69) is 15.1 Å². The summed E-state index contributed by atoms with van der Waals surface area (Å²) in [6.45, 7) is 1.33. The number of aromatic hydroxyl groups is 1. The fourth-order valence-electron chi connectivity index (χ4n) is 1.67. The normalized spacial score (nSPS) is 12.5. The van der Waals surface area contributed by atoms with Gasteiger partial charge in [0, 0.05) is 7.05 Å². The van der Waals surface area contributed by atoms with Crippen LogP contribution in [-0.4, -0.2) is 35.9 Å². The second-order valence-electron chi connectivity index (χ2n) is 4.00. The minimum atomic E-state index is -1.19. The van der Waals surface area contributed by atoms with Crippen LogP contribution in [0, 0.1) is 0 Å². The lowest BCUT2D eigenvalue weighted by Crippen LogP contribution is -2.24. The summed E-state index contributed by atoms with van der Waals surface area (Å²) in [5, 5.41) is 22.3. The van der Waals surface area contributed by atoms with Gasteiger partial charge in [-0.05, 0) is 6.92 Å². The molecular weight excluding hydrogens is 254 g/mol. The molecule has 19 heavy (non-hydrogen) atoms. The van der Waals surface area contributed by atoms with Crippen LogP contribution in [-0.2, 0) is 11.8 Å². The van der Waals surface area contributed by atoms with Gasteiger partial charge < -0.3 is 15.9 Å². The van der Waals surface area contributed by atoms with Crippen LogP contribution < -0.4 is 11.2 Å². The number of carboxylic acid groups (broad SMARTS) is 1. The Labute approximate surface area is 106 Å². The molecule has 0 spiro atoms. The standard InChI is InChI=1S/C10H11N5O4/c1-3(9(18)19)5-6(16)4-7(15(2)14-5)12-10(11)13-8(4)17/h3H,1-2H3,(H,18,19)(H3,11,12,13,17). The van der Waals surface area contributed by atoms with Crippen molar-refractivity contribution in [3.05, 3.63) is 15.9 Å². The zero-order valence-corrected chi connectivity index (χ0v) is 10.2. The Morgan fingerprint density at radius 1 is 1.42 bits per heavy atom. The summed E-state index contributed by atoms with van der Waals surface area (Å²) in [6.07, 6.45) is 0. The minimum Gasteiger partial charge on any atom is -0.493 e. The second kappa shape index (κ2) is 4.19. The zero-order valence-electron chi connectivity index (χ0n) is 10.2. The van der Waals surface area contributed by atoms with E-state index in [-0.39, 0.29) is 22.7 Å². The molecule has 2 aromatic heterocycles. The van der Waals surface area contributed by atoms with Crippen molar-refractivity contribution in [2.75, 3.05) is 5.73 Å². The molecule has 2 aromatic rings. The Balaban J connectivity index is 2.90. The van der Waals surface area contributed by atoms with E-state index in [9.17, 15) is 14.7 Å². The number of rotatable bonds is 2. The van der Waals surface area contributed by atoms with Gasteiger partial charge in [-0.1, -0.05) is 0 Å². The number of carbonyl (C=O) groups is 1. The van der Waals surface area contributed by atoms with Crippen LogP contribution in [0.2, 0.25) is 0 Å². The van der Waals surface area contributed by atoms with Crippen molar-refractivity contribution in [3.8, 4) is 5.88 Å². The molecule has 4 N–H and O–H groups in total. The van der Waals surface area contributed by atoms with E-state index in [1.807, 2.05) is 0 Å². The highest BCUT2D eigenvalue weighted by molar-refractivity contribution is 5.83. The van der Waals surface area contributed by atoms with Crippen molar-refractivity contribution in [2.24, 2.45) is 7.05 Å². The van der Waals surface area contributed by atoms with E-state index >= 15 is 0 Å². The summed E-state index contributed by atoms with van der Waals surface area (Å²) in [7, 11) is 1.46. The summed E-state index contributed by atoms with van der Waals surface area (Å²) in [4.78, 5) is 30.4. The average Bonchev–Trinajstić information content (AvgIpc) is 2.31. The van der Waals surface area contributed by atoms with Gasteiger partial charge in [-0.25, -0.2) is 4.68 Å². The Hall–Kier alpha value is -2.71. The lowest BCUT2D eigenvalue weighted by atomic mass is 10.1. The molecule has 0 bridgehead atoms. The Morgan fingerprint density at radius 3 is 2.63 bits per heavy atom. The third kappa shape index (κ3) is 1.94. The highest BCUT2D eigenvalue weighted by Crippen LogP contribution is 2.19. The summed E-state index contributed by atoms with van der Waals surface area (Å²) < 4.78 is 1.18. The first-order valence-electron chi connectivity index (χ1n) is 5.29. The van der Waals surface area contributed by atoms with Crippen LogP contribution in [0.1, 0.15) is 18.5 Å². The number of aryl methyl sites for hydroxylation is 1. The number of hydrogen-bond acceptors (Lipinski definition) is 7. The van der Waals surface area contributed by atoms with Crippen molar-refractivity contribution in [1.29, 1.82) is 0 Å². The number of aromatic nitrogens is 4. The van der Waals surface area contributed by atoms with Gasteiger partial charge in [0.1, 0.15) is 17.0 Å². The van der Waals surface area contributed by atoms with E-state index in [0.717, 1.165) is 0 Å². The molecular formula is C10H11N5O4. The molecule has 0 amide bonds. The van der Waals surface area contributed by atoms with Crippen molar-refractivity contribution < 1.29 is 15.0 Å². The summed E-state index contributed by atoms with van der Waals surface area (Å²) >= 11 is 0. The number of nitrogens with zero attached hydrogens (tertiary/aromatic N) is 4. The van der Waals surface area contributed by atoms with Crippen molar-refractivity contribution in [1.82, 2.24) is 19.7 Å². The minimum absolute atomic E-state index is 0.0383. The molecule has 0 aromatic carbocycles. The topological polar surface area (TPSA) is 144 Å². The highest BCUT2D eigenvalue weighted by atomic mass is 16.4. The van der Waals surface area contributed by atoms with E-state index in [0.29, 0.717) is 0 Å². The number of fused-ring (bicyclic) bond motifs is 1. The molecule has 2 heterocycles. The van der Waals surface area contributed by atoms with Gasteiger partial charge in [0.2, 0.25) is 17.3 Å². The molecule has 0 saturated carbocycles. The fraction of sp³-hybridized carbons (Fsp3) is 0.300. The third-order valence-electron chi connectivity index (χ3n) is 2.69. The van der Waals surface area contributed by atoms with Crippen LogP contribution in [0.25, 0.3) is 11.0 Å². The van der Waals surface area contributed by atoms with Gasteiger partial charge in [0.05, 0.1) is 0 Å². The van der Waals surface area contributed by atoms with E-state index in [4.69, 9.17) is 10.8 Å². The van der Waals surface area contributed by atoms with Gasteiger partial charge in [0.25, 0.3) is 0 Å². The number of nitrogens with two attached hydrogens (primary N) is 1. The first-order valence-corrected chi connectivity index (χ1v) is 5.29. The van der Waals surface area contributed by atoms with Crippen molar-refractivity contribution in [3.63, 3.8) is 0 Å². The van der Waals surface area contributed by atoms with E-state index in [1.165, 1.54) is 18.7 Å². The Morgan fingerprint density at radius 2 is 2.05 bits per heavy atom. The van der Waals surface area contributed by atoms with Gasteiger partial charge in [0.15, 0.2) is 5.65 Å². The van der Waals surface area contributed by atoms with Gasteiger partial charge in [-0.15, -0.1) is 0 Å². The predicted octanol–water partition coefficient (Wildman–Crippen LogP) is -0.801. The van der Waals surface area contributed by atoms with Crippen LogP contribution in [0.15, 0.2) is 4.79 Å². The number of nitrogen functional groups attached to an aromatic ring is 1. The van der Waals surface area contributed by atoms with Crippen LogP contribution in [0.5, 0.6) is 5.88 Å². The Bertz CT molecular complexity index is 739. The molecule has 9 heteroatoms. The zero-order chi connectivity index (χ0) is 14.3. The molecule has 2 rings (SSSR count). The largest absolute Gasteiger partial charge is 0.493 e. The summed E-state index contributed by atoms with van der Waals surface area (Å²) in [6, 6.07) is 0. The van der Waals surface area contributed by atoms with Gasteiger partial charge >= 0.3 is 5.97 Å². The van der Waals surface area contributed by atoms with Crippen LogP contribution >= 0.6 is 0 Å². The maximum Gasteiger partial charge on any atom is 0.312 e. The SMILES string of the molecule is CC(C(=O)O)c1nn(C)c2nc(N)nc(O)c2c1=O. The monoisotopic (exact) mass is 265 g/mol. The van der Waals surface area contributed by atoms with Gasteiger partial charge in [-0.2, -0.15) is 15.1 Å². The number of hydrogen-bond donors (Lipinski definition) is 3. The number of anilines is 1. The van der Waals surface area contributed by atoms with Gasteiger partial charge in [-0.3, -0.25) is 9.59 Å². The second-order valence-corrected chi connectivity index (χ2v) is 4.00. The molecule has 0 aliphatic rings. The molecule has 0 aliphatic heterocycles. The predicted molar refractivity (Wildman–Crippen MR) is 64.7 cm³/mol. The van der Waals surface area contributed by atoms with E-state index in [1.54, 1.807) is 0 Å². The smallest absolute Gasteiger partial charge is 0.312 e. The molecule has 1 unspecified atom stereocenters.